The molecule has 0 unspecified atom stereocenters. The zero-order chi connectivity index (χ0) is 16.7. The summed E-state index contributed by atoms with van der Waals surface area (Å²) in [5.41, 5.74) is 0.896. The number of amides is 1. The first-order valence-electron chi connectivity index (χ1n) is 7.68. The molecule has 1 heterocycles. The van der Waals surface area contributed by atoms with Gasteiger partial charge in [-0.1, -0.05) is 12.1 Å². The van der Waals surface area contributed by atoms with E-state index < -0.39 is 0 Å². The summed E-state index contributed by atoms with van der Waals surface area (Å²) in [7, 11) is 0. The first kappa shape index (κ1) is 17.1. The number of ether oxygens (including phenoxy) is 1. The van der Waals surface area contributed by atoms with Crippen LogP contribution >= 0.6 is 0 Å². The van der Waals surface area contributed by atoms with Crippen LogP contribution in [0.25, 0.3) is 0 Å². The summed E-state index contributed by atoms with van der Waals surface area (Å²) in [5.74, 6) is 1.47. The minimum absolute atomic E-state index is 0.0212. The summed E-state index contributed by atoms with van der Waals surface area (Å²) in [4.78, 5) is 11.7. The summed E-state index contributed by atoms with van der Waals surface area (Å²) in [6.45, 7) is 7.28. The van der Waals surface area contributed by atoms with Gasteiger partial charge in [0.2, 0.25) is 0 Å². The lowest BCUT2D eigenvalue weighted by Gasteiger charge is -2.20. The highest BCUT2D eigenvalue weighted by molar-refractivity contribution is 5.78. The predicted octanol–water partition coefficient (Wildman–Crippen LogP) is 2.86. The molecule has 0 aliphatic rings. The van der Waals surface area contributed by atoms with Crippen molar-refractivity contribution in [3.63, 3.8) is 0 Å². The van der Waals surface area contributed by atoms with Crippen molar-refractivity contribution in [1.82, 2.24) is 10.6 Å². The van der Waals surface area contributed by atoms with Gasteiger partial charge in [0.1, 0.15) is 11.5 Å². The Bertz CT molecular complexity index is 598. The van der Waals surface area contributed by atoms with Gasteiger partial charge in [-0.15, -0.1) is 0 Å². The Hall–Kier alpha value is -2.27. The van der Waals surface area contributed by atoms with Crippen LogP contribution in [0.5, 0.6) is 5.75 Å². The molecule has 0 atom stereocenters. The predicted molar refractivity (Wildman–Crippen MR) is 89.1 cm³/mol. The van der Waals surface area contributed by atoms with Crippen LogP contribution in [0.4, 0.5) is 0 Å². The van der Waals surface area contributed by atoms with Crippen molar-refractivity contribution in [2.45, 2.75) is 39.4 Å². The highest BCUT2D eigenvalue weighted by atomic mass is 16.5. The smallest absolute Gasteiger partial charge is 0.258 e. The van der Waals surface area contributed by atoms with Crippen molar-refractivity contribution in [1.29, 1.82) is 0 Å². The van der Waals surface area contributed by atoms with Gasteiger partial charge >= 0.3 is 0 Å². The van der Waals surface area contributed by atoms with E-state index in [0.29, 0.717) is 12.3 Å². The molecule has 1 amide bonds. The van der Waals surface area contributed by atoms with Crippen molar-refractivity contribution >= 4 is 5.91 Å². The average Bonchev–Trinajstić information content (AvgIpc) is 2.98. The lowest BCUT2D eigenvalue weighted by atomic mass is 10.1. The van der Waals surface area contributed by atoms with Crippen molar-refractivity contribution in [2.24, 2.45) is 0 Å². The normalized spacial score (nSPS) is 11.3. The Labute approximate surface area is 137 Å². The Kier molecular flexibility index (Phi) is 5.82. The number of rotatable bonds is 7. The molecule has 0 fully saturated rings. The summed E-state index contributed by atoms with van der Waals surface area (Å²) in [6.07, 6.45) is 1.67. The van der Waals surface area contributed by atoms with E-state index in [0.717, 1.165) is 17.9 Å². The largest absolute Gasteiger partial charge is 0.484 e. The fourth-order valence-electron chi connectivity index (χ4n) is 2.05. The molecule has 0 aliphatic heterocycles. The van der Waals surface area contributed by atoms with Gasteiger partial charge in [-0.05, 0) is 50.6 Å². The molecule has 0 radical (unpaired) electrons. The molecule has 5 nitrogen and oxygen atoms in total. The molecule has 1 aromatic heterocycles. The van der Waals surface area contributed by atoms with E-state index in [1.54, 1.807) is 6.26 Å². The molecular formula is C18H24N2O3. The average molecular weight is 316 g/mol. The second-order valence-electron chi connectivity index (χ2n) is 6.41. The van der Waals surface area contributed by atoms with E-state index >= 15 is 0 Å². The third-order valence-electron chi connectivity index (χ3n) is 3.02. The van der Waals surface area contributed by atoms with E-state index in [2.05, 4.69) is 10.6 Å². The van der Waals surface area contributed by atoms with Gasteiger partial charge in [-0.25, -0.2) is 0 Å². The number of benzene rings is 1. The lowest BCUT2D eigenvalue weighted by molar-refractivity contribution is -0.124. The van der Waals surface area contributed by atoms with Crippen LogP contribution in [0.3, 0.4) is 0 Å². The van der Waals surface area contributed by atoms with E-state index in [4.69, 9.17) is 9.15 Å². The molecule has 5 heteroatoms. The summed E-state index contributed by atoms with van der Waals surface area (Å²) in [5, 5.41) is 6.16. The zero-order valence-corrected chi connectivity index (χ0v) is 13.9. The standard InChI is InChI=1S/C18H24N2O3/c1-18(2,3)20-17(21)13-23-15-8-6-14(7-9-15)11-19-12-16-5-4-10-22-16/h4-10,19H,11-13H2,1-3H3,(H,20,21). The highest BCUT2D eigenvalue weighted by Gasteiger charge is 2.13. The fraction of sp³-hybridized carbons (Fsp3) is 0.389. The van der Waals surface area contributed by atoms with Crippen molar-refractivity contribution < 1.29 is 13.9 Å². The SMILES string of the molecule is CC(C)(C)NC(=O)COc1ccc(CNCc2ccco2)cc1. The molecule has 124 valence electrons. The third kappa shape index (κ3) is 6.57. The highest BCUT2D eigenvalue weighted by Crippen LogP contribution is 2.12. The summed E-state index contributed by atoms with van der Waals surface area (Å²) in [6, 6.07) is 11.5. The van der Waals surface area contributed by atoms with E-state index in [9.17, 15) is 4.79 Å². The molecule has 2 rings (SSSR count). The minimum Gasteiger partial charge on any atom is -0.484 e. The maximum absolute atomic E-state index is 11.7. The maximum atomic E-state index is 11.7. The molecule has 0 saturated heterocycles. The fourth-order valence-corrected chi connectivity index (χ4v) is 2.05. The molecule has 1 aromatic carbocycles. The van der Waals surface area contributed by atoms with Crippen LogP contribution in [-0.4, -0.2) is 18.1 Å². The number of hydrogen-bond donors (Lipinski definition) is 2. The maximum Gasteiger partial charge on any atom is 0.258 e. The van der Waals surface area contributed by atoms with Gasteiger partial charge in [0.15, 0.2) is 6.61 Å². The number of furan rings is 1. The second kappa shape index (κ2) is 7.83. The Morgan fingerprint density at radius 2 is 1.87 bits per heavy atom. The summed E-state index contributed by atoms with van der Waals surface area (Å²) >= 11 is 0. The first-order valence-corrected chi connectivity index (χ1v) is 7.68. The topological polar surface area (TPSA) is 63.5 Å². The molecule has 0 aliphatic carbocycles. The number of hydrogen-bond acceptors (Lipinski definition) is 4. The van der Waals surface area contributed by atoms with Gasteiger partial charge in [0.25, 0.3) is 5.91 Å². The van der Waals surface area contributed by atoms with Gasteiger partial charge in [0.05, 0.1) is 12.8 Å². The lowest BCUT2D eigenvalue weighted by Crippen LogP contribution is -2.43. The molecule has 0 bridgehead atoms. The van der Waals surface area contributed by atoms with Crippen LogP contribution in [-0.2, 0) is 17.9 Å². The van der Waals surface area contributed by atoms with Crippen LogP contribution in [0.15, 0.2) is 47.1 Å². The third-order valence-corrected chi connectivity index (χ3v) is 3.02. The molecular weight excluding hydrogens is 292 g/mol. The van der Waals surface area contributed by atoms with Crippen LogP contribution in [0.2, 0.25) is 0 Å². The quantitative estimate of drug-likeness (QED) is 0.824. The van der Waals surface area contributed by atoms with Gasteiger partial charge in [-0.3, -0.25) is 4.79 Å². The minimum atomic E-state index is -0.246. The zero-order valence-electron chi connectivity index (χ0n) is 13.9. The number of carbonyl (C=O) groups is 1. The van der Waals surface area contributed by atoms with Gasteiger partial charge in [0, 0.05) is 12.1 Å². The van der Waals surface area contributed by atoms with Crippen LogP contribution in [0.1, 0.15) is 32.1 Å². The van der Waals surface area contributed by atoms with Gasteiger partial charge in [-0.2, -0.15) is 0 Å². The first-order chi connectivity index (χ1) is 10.9. The second-order valence-corrected chi connectivity index (χ2v) is 6.41. The van der Waals surface area contributed by atoms with Crippen LogP contribution in [0, 0.1) is 0 Å². The van der Waals surface area contributed by atoms with Crippen molar-refractivity contribution in [3.8, 4) is 5.75 Å². The van der Waals surface area contributed by atoms with Crippen molar-refractivity contribution in [2.75, 3.05) is 6.61 Å². The number of carbonyl (C=O) groups excluding carboxylic acids is 1. The molecule has 0 spiro atoms. The molecule has 23 heavy (non-hydrogen) atoms. The van der Waals surface area contributed by atoms with Crippen LogP contribution < -0.4 is 15.4 Å². The van der Waals surface area contributed by atoms with E-state index in [-0.39, 0.29) is 18.1 Å². The summed E-state index contributed by atoms with van der Waals surface area (Å²) < 4.78 is 10.7. The molecule has 0 saturated carbocycles. The monoisotopic (exact) mass is 316 g/mol. The Balaban J connectivity index is 1.72. The molecule has 2 aromatic rings. The van der Waals surface area contributed by atoms with Crippen molar-refractivity contribution in [3.05, 3.63) is 54.0 Å². The Morgan fingerprint density at radius 3 is 2.48 bits per heavy atom. The Morgan fingerprint density at radius 1 is 1.13 bits per heavy atom. The number of nitrogens with one attached hydrogen (secondary N) is 2. The molecule has 2 N–H and O–H groups in total. The van der Waals surface area contributed by atoms with E-state index in [1.807, 2.05) is 57.2 Å². The van der Waals surface area contributed by atoms with E-state index in [1.165, 1.54) is 0 Å². The van der Waals surface area contributed by atoms with Gasteiger partial charge < -0.3 is 19.8 Å².